The fraction of sp³-hybridized carbons (Fsp3) is 0.471. The van der Waals surface area contributed by atoms with Crippen LogP contribution in [-0.2, 0) is 0 Å². The largest absolute Gasteiger partial charge is 0.491 e. The maximum atomic E-state index is 12.3. The zero-order chi connectivity index (χ0) is 17.7. The van der Waals surface area contributed by atoms with Crippen molar-refractivity contribution in [2.45, 2.75) is 39.0 Å². The van der Waals surface area contributed by atoms with E-state index in [1.54, 1.807) is 31.2 Å². The van der Waals surface area contributed by atoms with Crippen molar-refractivity contribution < 1.29 is 19.4 Å². The maximum absolute atomic E-state index is 12.3. The number of carbonyl (C=O) groups is 2. The summed E-state index contributed by atoms with van der Waals surface area (Å²) in [6.45, 7) is 6.27. The van der Waals surface area contributed by atoms with Gasteiger partial charge >= 0.3 is 6.03 Å². The lowest BCUT2D eigenvalue weighted by atomic mass is 10.0. The van der Waals surface area contributed by atoms with E-state index >= 15 is 0 Å². The average molecular weight is 333 g/mol. The smallest absolute Gasteiger partial charge is 0.341 e. The van der Waals surface area contributed by atoms with Crippen LogP contribution in [0.5, 0.6) is 5.75 Å². The number of aliphatic hydroxyl groups excluding tert-OH is 1. The van der Waals surface area contributed by atoms with E-state index in [2.05, 4.69) is 15.6 Å². The average Bonchev–Trinajstić information content (AvgIpc) is 2.89. The molecule has 2 amide bonds. The molecular weight excluding hydrogens is 310 g/mol. The molecule has 3 N–H and O–H groups in total. The van der Waals surface area contributed by atoms with Gasteiger partial charge in [-0.25, -0.2) is 9.79 Å². The van der Waals surface area contributed by atoms with Gasteiger partial charge in [0.15, 0.2) is 5.78 Å². The molecule has 2 rings (SSSR count). The van der Waals surface area contributed by atoms with Gasteiger partial charge in [-0.3, -0.25) is 4.79 Å². The minimum absolute atomic E-state index is 0.164. The Morgan fingerprint density at radius 1 is 1.38 bits per heavy atom. The molecule has 7 nitrogen and oxygen atoms in total. The van der Waals surface area contributed by atoms with Crippen LogP contribution in [0.25, 0.3) is 0 Å². The van der Waals surface area contributed by atoms with Crippen LogP contribution in [-0.4, -0.2) is 54.0 Å². The van der Waals surface area contributed by atoms with Crippen LogP contribution in [0.15, 0.2) is 29.3 Å². The molecule has 1 aliphatic rings. The van der Waals surface area contributed by atoms with Gasteiger partial charge in [0, 0.05) is 18.2 Å². The first-order valence-electron chi connectivity index (χ1n) is 7.91. The van der Waals surface area contributed by atoms with Crippen LogP contribution in [0.4, 0.5) is 4.79 Å². The number of amides is 2. The maximum Gasteiger partial charge on any atom is 0.341 e. The van der Waals surface area contributed by atoms with Gasteiger partial charge in [-0.05, 0) is 31.2 Å². The molecule has 1 heterocycles. The van der Waals surface area contributed by atoms with E-state index in [1.807, 2.05) is 13.8 Å². The second-order valence-electron chi connectivity index (χ2n) is 6.05. The number of benzene rings is 1. The third-order valence-electron chi connectivity index (χ3n) is 3.57. The lowest BCUT2D eigenvalue weighted by Crippen LogP contribution is -2.38. The molecule has 1 aromatic carbocycles. The number of hydrogen-bond donors (Lipinski definition) is 3. The number of ketones is 1. The molecule has 0 bridgehead atoms. The van der Waals surface area contributed by atoms with Gasteiger partial charge in [0.25, 0.3) is 0 Å². The van der Waals surface area contributed by atoms with E-state index < -0.39 is 18.2 Å². The van der Waals surface area contributed by atoms with E-state index in [4.69, 9.17) is 4.74 Å². The SMILES string of the molecule is CC1=NC(=O)NC1C(=O)c1ccc(OCC(O)CNC(C)C)cc1. The first-order chi connectivity index (χ1) is 11.4. The molecule has 0 aromatic heterocycles. The molecule has 1 aliphatic heterocycles. The summed E-state index contributed by atoms with van der Waals surface area (Å²) in [5.74, 6) is 0.353. The molecule has 0 fully saturated rings. The predicted octanol–water partition coefficient (Wildman–Crippen LogP) is 1.16. The highest BCUT2D eigenvalue weighted by Crippen LogP contribution is 2.15. The summed E-state index contributed by atoms with van der Waals surface area (Å²) < 4.78 is 5.50. The van der Waals surface area contributed by atoms with Crippen molar-refractivity contribution in [2.75, 3.05) is 13.2 Å². The minimum atomic E-state index is -0.701. The predicted molar refractivity (Wildman–Crippen MR) is 90.8 cm³/mol. The van der Waals surface area contributed by atoms with Crippen molar-refractivity contribution in [3.8, 4) is 5.75 Å². The second-order valence-corrected chi connectivity index (χ2v) is 6.05. The molecular formula is C17H23N3O4. The molecule has 0 radical (unpaired) electrons. The van der Waals surface area contributed by atoms with Crippen molar-refractivity contribution in [3.05, 3.63) is 29.8 Å². The van der Waals surface area contributed by atoms with Crippen molar-refractivity contribution in [2.24, 2.45) is 4.99 Å². The number of urea groups is 1. The molecule has 0 saturated heterocycles. The Balaban J connectivity index is 1.88. The fourth-order valence-corrected chi connectivity index (χ4v) is 2.25. The van der Waals surface area contributed by atoms with Crippen molar-refractivity contribution in [3.63, 3.8) is 0 Å². The number of hydrogen-bond acceptors (Lipinski definition) is 5. The highest BCUT2D eigenvalue weighted by atomic mass is 16.5. The van der Waals surface area contributed by atoms with Gasteiger partial charge in [-0.15, -0.1) is 0 Å². The van der Waals surface area contributed by atoms with Crippen LogP contribution < -0.4 is 15.4 Å². The summed E-state index contributed by atoms with van der Waals surface area (Å²) in [6.07, 6.45) is -0.610. The number of nitrogens with one attached hydrogen (secondary N) is 2. The topological polar surface area (TPSA) is 100 Å². The quantitative estimate of drug-likeness (QED) is 0.620. The lowest BCUT2D eigenvalue weighted by molar-refractivity contribution is 0.0974. The van der Waals surface area contributed by atoms with E-state index in [1.165, 1.54) is 0 Å². The standard InChI is InChI=1S/C17H23N3O4/c1-10(2)18-8-13(21)9-24-14-6-4-12(5-7-14)16(22)15-11(3)19-17(23)20-15/h4-7,10,13,15,18,21H,8-9H2,1-3H3,(H,20,23). The summed E-state index contributed by atoms with van der Waals surface area (Å²) in [5, 5.41) is 15.4. The van der Waals surface area contributed by atoms with Crippen molar-refractivity contribution >= 4 is 17.5 Å². The molecule has 2 atom stereocenters. The number of aliphatic imine (C=N–C) groups is 1. The van der Waals surface area contributed by atoms with Gasteiger partial charge < -0.3 is 20.5 Å². The molecule has 0 saturated carbocycles. The number of nitrogens with zero attached hydrogens (tertiary/aromatic N) is 1. The zero-order valence-electron chi connectivity index (χ0n) is 14.1. The Kier molecular flexibility index (Phi) is 6.05. The van der Waals surface area contributed by atoms with E-state index in [-0.39, 0.29) is 12.4 Å². The summed E-state index contributed by atoms with van der Waals surface area (Å²) in [4.78, 5) is 27.2. The Morgan fingerprint density at radius 3 is 2.58 bits per heavy atom. The van der Waals surface area contributed by atoms with Crippen LogP contribution in [0.1, 0.15) is 31.1 Å². The molecule has 0 aliphatic carbocycles. The van der Waals surface area contributed by atoms with E-state index in [0.29, 0.717) is 29.6 Å². The highest BCUT2D eigenvalue weighted by Gasteiger charge is 2.29. The molecule has 2 unspecified atom stereocenters. The lowest BCUT2D eigenvalue weighted by Gasteiger charge is -2.15. The molecule has 130 valence electrons. The minimum Gasteiger partial charge on any atom is -0.491 e. The Labute approximate surface area is 141 Å². The Bertz CT molecular complexity index is 625. The molecule has 1 aromatic rings. The summed E-state index contributed by atoms with van der Waals surface area (Å²) in [7, 11) is 0. The third kappa shape index (κ3) is 4.87. The van der Waals surface area contributed by atoms with Gasteiger partial charge in [0.2, 0.25) is 0 Å². The van der Waals surface area contributed by atoms with Crippen LogP contribution in [0.2, 0.25) is 0 Å². The molecule has 0 spiro atoms. The first kappa shape index (κ1) is 18.1. The molecule has 24 heavy (non-hydrogen) atoms. The van der Waals surface area contributed by atoms with Crippen LogP contribution in [0.3, 0.4) is 0 Å². The van der Waals surface area contributed by atoms with E-state index in [9.17, 15) is 14.7 Å². The van der Waals surface area contributed by atoms with Crippen LogP contribution in [0, 0.1) is 0 Å². The zero-order valence-corrected chi connectivity index (χ0v) is 14.1. The third-order valence-corrected chi connectivity index (χ3v) is 3.57. The summed E-state index contributed by atoms with van der Waals surface area (Å²) in [6, 6.07) is 5.71. The van der Waals surface area contributed by atoms with Crippen molar-refractivity contribution in [1.82, 2.24) is 10.6 Å². The van der Waals surface area contributed by atoms with E-state index in [0.717, 1.165) is 0 Å². The Morgan fingerprint density at radius 2 is 2.04 bits per heavy atom. The summed E-state index contributed by atoms with van der Waals surface area (Å²) in [5.41, 5.74) is 0.928. The number of carbonyl (C=O) groups excluding carboxylic acids is 2. The summed E-state index contributed by atoms with van der Waals surface area (Å²) >= 11 is 0. The Hall–Kier alpha value is -2.25. The second kappa shape index (κ2) is 8.03. The number of Topliss-reactive ketones (excluding diaryl/α,β-unsaturated/α-hetero) is 1. The molecule has 7 heteroatoms. The van der Waals surface area contributed by atoms with Gasteiger partial charge in [-0.2, -0.15) is 0 Å². The number of aliphatic hydroxyl groups is 1. The number of ether oxygens (including phenoxy) is 1. The monoisotopic (exact) mass is 333 g/mol. The fourth-order valence-electron chi connectivity index (χ4n) is 2.25. The van der Waals surface area contributed by atoms with Gasteiger partial charge in [0.1, 0.15) is 24.5 Å². The van der Waals surface area contributed by atoms with Crippen LogP contribution >= 0.6 is 0 Å². The highest BCUT2D eigenvalue weighted by molar-refractivity contribution is 6.21. The normalized spacial score (nSPS) is 18.3. The van der Waals surface area contributed by atoms with Gasteiger partial charge in [-0.1, -0.05) is 13.8 Å². The first-order valence-corrected chi connectivity index (χ1v) is 7.91. The van der Waals surface area contributed by atoms with Gasteiger partial charge in [0.05, 0.1) is 5.71 Å². The number of rotatable bonds is 8. The van der Waals surface area contributed by atoms with Crippen molar-refractivity contribution in [1.29, 1.82) is 0 Å².